The lowest BCUT2D eigenvalue weighted by Gasteiger charge is -2.16. The average molecular weight is 256 g/mol. The van der Waals surface area contributed by atoms with Gasteiger partial charge >= 0.3 is 5.63 Å². The molecule has 0 bridgehead atoms. The highest BCUT2D eigenvalue weighted by Crippen LogP contribution is 2.13. The summed E-state index contributed by atoms with van der Waals surface area (Å²) < 4.78 is 5.10. The predicted molar refractivity (Wildman–Crippen MR) is 69.7 cm³/mol. The molecule has 0 atom stereocenters. The Morgan fingerprint density at radius 1 is 1.42 bits per heavy atom. The molecule has 5 heteroatoms. The third-order valence-electron chi connectivity index (χ3n) is 2.80. The second-order valence-electron chi connectivity index (χ2n) is 3.96. The Balaban J connectivity index is 2.50. The summed E-state index contributed by atoms with van der Waals surface area (Å²) in [7, 11) is 0. The molecule has 0 saturated heterocycles. The van der Waals surface area contributed by atoms with Gasteiger partial charge in [-0.2, -0.15) is 5.26 Å². The summed E-state index contributed by atoms with van der Waals surface area (Å²) in [4.78, 5) is 25.2. The number of carbonyl (C=O) groups excluding carboxylic acids is 1. The topological polar surface area (TPSA) is 74.3 Å². The molecule has 0 fully saturated rings. The fraction of sp³-hybridized carbons (Fsp3) is 0.214. The van der Waals surface area contributed by atoms with E-state index in [9.17, 15) is 9.59 Å². The van der Waals surface area contributed by atoms with Crippen LogP contribution in [0, 0.1) is 11.3 Å². The first-order chi connectivity index (χ1) is 9.17. The second kappa shape index (κ2) is 5.36. The minimum absolute atomic E-state index is 0.0456. The molecule has 1 amide bonds. The highest BCUT2D eigenvalue weighted by molar-refractivity contribution is 5.96. The van der Waals surface area contributed by atoms with Crippen LogP contribution in [0.4, 0.5) is 0 Å². The van der Waals surface area contributed by atoms with Crippen LogP contribution in [-0.2, 0) is 0 Å². The average Bonchev–Trinajstić information content (AvgIpc) is 2.43. The van der Waals surface area contributed by atoms with Crippen molar-refractivity contribution in [3.8, 4) is 6.07 Å². The first-order valence-corrected chi connectivity index (χ1v) is 5.86. The summed E-state index contributed by atoms with van der Waals surface area (Å²) in [6, 6.07) is 10.4. The maximum Gasteiger partial charge on any atom is 0.349 e. The fourth-order valence-corrected chi connectivity index (χ4v) is 1.79. The van der Waals surface area contributed by atoms with Crippen molar-refractivity contribution in [3.05, 3.63) is 46.3 Å². The van der Waals surface area contributed by atoms with Gasteiger partial charge in [-0.25, -0.2) is 4.79 Å². The molecular weight excluding hydrogens is 244 g/mol. The van der Waals surface area contributed by atoms with E-state index in [0.29, 0.717) is 17.5 Å². The van der Waals surface area contributed by atoms with E-state index in [1.54, 1.807) is 31.2 Å². The van der Waals surface area contributed by atoms with Gasteiger partial charge in [0.2, 0.25) is 0 Å². The zero-order valence-electron chi connectivity index (χ0n) is 10.4. The Morgan fingerprint density at radius 2 is 2.16 bits per heavy atom. The molecule has 0 radical (unpaired) electrons. The summed E-state index contributed by atoms with van der Waals surface area (Å²) in [5.74, 6) is -0.483. The Labute approximate surface area is 109 Å². The summed E-state index contributed by atoms with van der Waals surface area (Å²) in [6.45, 7) is 2.05. The van der Waals surface area contributed by atoms with Crippen LogP contribution in [0.25, 0.3) is 11.0 Å². The van der Waals surface area contributed by atoms with Gasteiger partial charge in [0.05, 0.1) is 6.07 Å². The van der Waals surface area contributed by atoms with Gasteiger partial charge in [0.1, 0.15) is 17.7 Å². The molecule has 0 aliphatic heterocycles. The third kappa shape index (κ3) is 2.47. The standard InChI is InChI=1S/C14H12N2O3/c1-2-16(8-7-15)13(17)11-9-10-5-3-4-6-12(10)19-14(11)18/h3-6,9H,2,8H2,1H3. The highest BCUT2D eigenvalue weighted by Gasteiger charge is 2.19. The van der Waals surface area contributed by atoms with Crippen LogP contribution in [0.2, 0.25) is 0 Å². The molecule has 0 spiro atoms. The van der Waals surface area contributed by atoms with E-state index in [1.165, 1.54) is 11.0 Å². The molecule has 0 aliphatic carbocycles. The number of nitriles is 1. The van der Waals surface area contributed by atoms with Gasteiger partial charge < -0.3 is 9.32 Å². The van der Waals surface area contributed by atoms with Gasteiger partial charge in [-0.1, -0.05) is 18.2 Å². The number of para-hydroxylation sites is 1. The Bertz CT molecular complexity index is 712. The Hall–Kier alpha value is -2.61. The summed E-state index contributed by atoms with van der Waals surface area (Å²) in [5, 5.41) is 9.34. The molecule has 5 nitrogen and oxygen atoms in total. The minimum Gasteiger partial charge on any atom is -0.422 e. The maximum atomic E-state index is 12.1. The summed E-state index contributed by atoms with van der Waals surface area (Å²) >= 11 is 0. The Kier molecular flexibility index (Phi) is 3.62. The van der Waals surface area contributed by atoms with Crippen molar-refractivity contribution in [1.29, 1.82) is 5.26 Å². The van der Waals surface area contributed by atoms with Crippen LogP contribution in [0.3, 0.4) is 0 Å². The number of nitrogens with zero attached hydrogens (tertiary/aromatic N) is 2. The van der Waals surface area contributed by atoms with Crippen LogP contribution in [0.1, 0.15) is 17.3 Å². The third-order valence-corrected chi connectivity index (χ3v) is 2.80. The van der Waals surface area contributed by atoms with Gasteiger partial charge in [0.15, 0.2) is 0 Å². The van der Waals surface area contributed by atoms with Crippen molar-refractivity contribution in [2.75, 3.05) is 13.1 Å². The summed E-state index contributed by atoms with van der Waals surface area (Å²) in [6.07, 6.45) is 0. The van der Waals surface area contributed by atoms with E-state index in [4.69, 9.17) is 9.68 Å². The second-order valence-corrected chi connectivity index (χ2v) is 3.96. The molecule has 0 unspecified atom stereocenters. The van der Waals surface area contributed by atoms with Gasteiger partial charge in [0, 0.05) is 11.9 Å². The van der Waals surface area contributed by atoms with Crippen LogP contribution in [-0.4, -0.2) is 23.9 Å². The van der Waals surface area contributed by atoms with E-state index < -0.39 is 11.5 Å². The molecule has 2 aromatic rings. The number of carbonyl (C=O) groups is 1. The monoisotopic (exact) mass is 256 g/mol. The number of rotatable bonds is 3. The number of hydrogen-bond donors (Lipinski definition) is 0. The molecule has 0 aliphatic rings. The highest BCUT2D eigenvalue weighted by atomic mass is 16.4. The molecule has 96 valence electrons. The largest absolute Gasteiger partial charge is 0.422 e. The zero-order chi connectivity index (χ0) is 13.8. The predicted octanol–water partition coefficient (Wildman–Crippen LogP) is 1.78. The molecule has 1 heterocycles. The molecule has 19 heavy (non-hydrogen) atoms. The van der Waals surface area contributed by atoms with E-state index in [1.807, 2.05) is 6.07 Å². The van der Waals surface area contributed by atoms with E-state index in [-0.39, 0.29) is 12.1 Å². The van der Waals surface area contributed by atoms with Crippen LogP contribution >= 0.6 is 0 Å². The first-order valence-electron chi connectivity index (χ1n) is 5.86. The quantitative estimate of drug-likeness (QED) is 0.619. The summed E-state index contributed by atoms with van der Waals surface area (Å²) in [5.41, 5.74) is -0.289. The number of benzene rings is 1. The molecule has 0 saturated carbocycles. The lowest BCUT2D eigenvalue weighted by Crippen LogP contribution is -2.34. The van der Waals surface area contributed by atoms with Gasteiger partial charge in [0.25, 0.3) is 5.91 Å². The van der Waals surface area contributed by atoms with E-state index >= 15 is 0 Å². The smallest absolute Gasteiger partial charge is 0.349 e. The maximum absolute atomic E-state index is 12.1. The molecular formula is C14H12N2O3. The van der Waals surface area contributed by atoms with Crippen molar-refractivity contribution in [2.24, 2.45) is 0 Å². The first kappa shape index (κ1) is 12.8. The van der Waals surface area contributed by atoms with Crippen LogP contribution in [0.15, 0.2) is 39.5 Å². The fourth-order valence-electron chi connectivity index (χ4n) is 1.79. The van der Waals surface area contributed by atoms with Gasteiger partial charge in [-0.05, 0) is 19.1 Å². The van der Waals surface area contributed by atoms with Crippen LogP contribution < -0.4 is 5.63 Å². The minimum atomic E-state index is -0.680. The van der Waals surface area contributed by atoms with Crippen LogP contribution in [0.5, 0.6) is 0 Å². The molecule has 1 aromatic carbocycles. The van der Waals surface area contributed by atoms with Crippen molar-refractivity contribution in [1.82, 2.24) is 4.90 Å². The van der Waals surface area contributed by atoms with Crippen molar-refractivity contribution < 1.29 is 9.21 Å². The van der Waals surface area contributed by atoms with Gasteiger partial charge in [-0.3, -0.25) is 4.79 Å². The zero-order valence-corrected chi connectivity index (χ0v) is 10.4. The molecule has 1 aromatic heterocycles. The Morgan fingerprint density at radius 3 is 2.84 bits per heavy atom. The van der Waals surface area contributed by atoms with Crippen molar-refractivity contribution in [2.45, 2.75) is 6.92 Å². The van der Waals surface area contributed by atoms with Crippen molar-refractivity contribution in [3.63, 3.8) is 0 Å². The lowest BCUT2D eigenvalue weighted by molar-refractivity contribution is 0.0780. The number of amides is 1. The number of fused-ring (bicyclic) bond motifs is 1. The van der Waals surface area contributed by atoms with Crippen molar-refractivity contribution >= 4 is 16.9 Å². The normalized spacial score (nSPS) is 10.1. The number of hydrogen-bond acceptors (Lipinski definition) is 4. The SMILES string of the molecule is CCN(CC#N)C(=O)c1cc2ccccc2oc1=O. The van der Waals surface area contributed by atoms with Gasteiger partial charge in [-0.15, -0.1) is 0 Å². The molecule has 0 N–H and O–H groups in total. The van der Waals surface area contributed by atoms with E-state index in [2.05, 4.69) is 0 Å². The lowest BCUT2D eigenvalue weighted by atomic mass is 10.1. The van der Waals surface area contributed by atoms with E-state index in [0.717, 1.165) is 0 Å². The molecule has 2 rings (SSSR count).